The Balaban J connectivity index is 1.95. The van der Waals surface area contributed by atoms with Crippen LogP contribution in [0.25, 0.3) is 0 Å². The molecule has 0 aliphatic heterocycles. The van der Waals surface area contributed by atoms with Gasteiger partial charge in [-0.15, -0.1) is 0 Å². The van der Waals surface area contributed by atoms with Crippen molar-refractivity contribution < 1.29 is 14.3 Å². The van der Waals surface area contributed by atoms with Gasteiger partial charge in [-0.25, -0.2) is 4.98 Å². The predicted molar refractivity (Wildman–Crippen MR) is 105 cm³/mol. The number of hydrogen-bond donors (Lipinski definition) is 2. The summed E-state index contributed by atoms with van der Waals surface area (Å²) in [4.78, 5) is 41.8. The lowest BCUT2D eigenvalue weighted by Crippen LogP contribution is -2.17. The molecule has 1 aromatic heterocycles. The number of ether oxygens (including phenoxy) is 1. The number of nitrogens with one attached hydrogen (secondary N) is 2. The number of esters is 1. The monoisotopic (exact) mass is 389 g/mol. The Morgan fingerprint density at radius 2 is 1.89 bits per heavy atom. The highest BCUT2D eigenvalue weighted by atomic mass is 32.2. The largest absolute Gasteiger partial charge is 0.469 e. The molecular formula is C19H23N3O4S. The van der Waals surface area contributed by atoms with E-state index in [4.69, 9.17) is 0 Å². The van der Waals surface area contributed by atoms with E-state index in [-0.39, 0.29) is 34.2 Å². The molecule has 1 aromatic carbocycles. The van der Waals surface area contributed by atoms with Crippen molar-refractivity contribution in [1.29, 1.82) is 0 Å². The van der Waals surface area contributed by atoms with E-state index in [1.807, 2.05) is 24.3 Å². The number of anilines is 1. The van der Waals surface area contributed by atoms with E-state index in [2.05, 4.69) is 40.8 Å². The second-order valence-corrected chi connectivity index (χ2v) is 7.92. The van der Waals surface area contributed by atoms with Crippen LogP contribution in [0.4, 0.5) is 5.69 Å². The van der Waals surface area contributed by atoms with Crippen LogP contribution in [0.2, 0.25) is 0 Å². The normalized spacial score (nSPS) is 11.1. The fourth-order valence-electron chi connectivity index (χ4n) is 2.25. The number of thioether (sulfide) groups is 1. The van der Waals surface area contributed by atoms with Crippen LogP contribution in [-0.2, 0) is 26.2 Å². The lowest BCUT2D eigenvalue weighted by molar-refractivity contribution is -0.139. The van der Waals surface area contributed by atoms with E-state index in [1.54, 1.807) is 0 Å². The molecule has 8 heteroatoms. The molecule has 0 fully saturated rings. The summed E-state index contributed by atoms with van der Waals surface area (Å²) < 4.78 is 4.57. The topological polar surface area (TPSA) is 101 Å². The molecule has 2 aromatic rings. The lowest BCUT2D eigenvalue weighted by Gasteiger charge is -2.19. The van der Waals surface area contributed by atoms with Crippen LogP contribution in [-0.4, -0.2) is 34.7 Å². The van der Waals surface area contributed by atoms with Gasteiger partial charge in [-0.3, -0.25) is 14.4 Å². The molecule has 0 radical (unpaired) electrons. The molecule has 0 saturated carbocycles. The highest BCUT2D eigenvalue weighted by Gasteiger charge is 2.13. The first-order valence-corrected chi connectivity index (χ1v) is 9.36. The zero-order valence-electron chi connectivity index (χ0n) is 15.8. The van der Waals surface area contributed by atoms with E-state index in [9.17, 15) is 14.4 Å². The molecule has 0 bridgehead atoms. The molecule has 2 rings (SSSR count). The number of aromatic amines is 1. The molecule has 0 saturated heterocycles. The number of rotatable bonds is 6. The highest BCUT2D eigenvalue weighted by Crippen LogP contribution is 2.23. The first kappa shape index (κ1) is 20.7. The number of nitrogens with zero attached hydrogens (tertiary/aromatic N) is 1. The zero-order valence-corrected chi connectivity index (χ0v) is 16.6. The van der Waals surface area contributed by atoms with Crippen LogP contribution in [0, 0.1) is 0 Å². The second kappa shape index (κ2) is 8.85. The molecule has 144 valence electrons. The SMILES string of the molecule is COC(=O)Cc1cc(=O)[nH]c(SCC(=O)Nc2ccc(C(C)(C)C)cc2)n1. The maximum absolute atomic E-state index is 12.1. The number of aromatic nitrogens is 2. The minimum atomic E-state index is -0.486. The number of benzene rings is 1. The molecule has 0 aliphatic carbocycles. The van der Waals surface area contributed by atoms with Gasteiger partial charge in [-0.1, -0.05) is 44.7 Å². The van der Waals surface area contributed by atoms with E-state index in [1.165, 1.54) is 18.7 Å². The van der Waals surface area contributed by atoms with Gasteiger partial charge in [0.2, 0.25) is 5.91 Å². The van der Waals surface area contributed by atoms with Crippen LogP contribution in [0.1, 0.15) is 32.0 Å². The Labute approximate surface area is 161 Å². The molecule has 1 heterocycles. The molecule has 0 spiro atoms. The Hall–Kier alpha value is -2.61. The summed E-state index contributed by atoms with van der Waals surface area (Å²) in [6.07, 6.45) is -0.0969. The molecule has 0 atom stereocenters. The number of methoxy groups -OCH3 is 1. The van der Waals surface area contributed by atoms with Crippen LogP contribution in [0.15, 0.2) is 40.3 Å². The van der Waals surface area contributed by atoms with Crippen molar-refractivity contribution in [2.45, 2.75) is 37.8 Å². The zero-order chi connectivity index (χ0) is 20.0. The van der Waals surface area contributed by atoms with Gasteiger partial charge in [0, 0.05) is 11.8 Å². The minimum absolute atomic E-state index is 0.0468. The van der Waals surface area contributed by atoms with Crippen molar-refractivity contribution in [2.24, 2.45) is 0 Å². The van der Waals surface area contributed by atoms with E-state index < -0.39 is 5.97 Å². The summed E-state index contributed by atoms with van der Waals surface area (Å²) in [6.45, 7) is 6.37. The number of carbonyl (C=O) groups is 2. The quantitative estimate of drug-likeness (QED) is 0.447. The van der Waals surface area contributed by atoms with Crippen LogP contribution < -0.4 is 10.9 Å². The third kappa shape index (κ3) is 6.56. The number of amides is 1. The fraction of sp³-hybridized carbons (Fsp3) is 0.368. The van der Waals surface area contributed by atoms with Gasteiger partial charge in [-0.2, -0.15) is 0 Å². The summed E-state index contributed by atoms with van der Waals surface area (Å²) in [6, 6.07) is 8.93. The highest BCUT2D eigenvalue weighted by molar-refractivity contribution is 7.99. The third-order valence-corrected chi connectivity index (χ3v) is 4.57. The molecule has 0 unspecified atom stereocenters. The van der Waals surface area contributed by atoms with Crippen molar-refractivity contribution >= 4 is 29.3 Å². The second-order valence-electron chi connectivity index (χ2n) is 6.96. The smallest absolute Gasteiger partial charge is 0.311 e. The Morgan fingerprint density at radius 1 is 1.22 bits per heavy atom. The lowest BCUT2D eigenvalue weighted by atomic mass is 9.87. The minimum Gasteiger partial charge on any atom is -0.469 e. The van der Waals surface area contributed by atoms with Gasteiger partial charge < -0.3 is 15.0 Å². The van der Waals surface area contributed by atoms with Gasteiger partial charge in [0.1, 0.15) is 0 Å². The summed E-state index contributed by atoms with van der Waals surface area (Å²) in [5.41, 5.74) is 1.84. The van der Waals surface area contributed by atoms with E-state index in [0.717, 1.165) is 11.8 Å². The molecule has 7 nitrogen and oxygen atoms in total. The first-order valence-electron chi connectivity index (χ1n) is 8.37. The molecule has 1 amide bonds. The Bertz CT molecular complexity index is 870. The average Bonchev–Trinajstić information content (AvgIpc) is 2.59. The molecule has 2 N–H and O–H groups in total. The van der Waals surface area contributed by atoms with Crippen molar-refractivity contribution in [3.8, 4) is 0 Å². The summed E-state index contributed by atoms with van der Waals surface area (Å²) >= 11 is 1.09. The molecular weight excluding hydrogens is 366 g/mol. The maximum Gasteiger partial charge on any atom is 0.311 e. The van der Waals surface area contributed by atoms with Crippen LogP contribution in [0.5, 0.6) is 0 Å². The molecule has 0 aliphatic rings. The van der Waals surface area contributed by atoms with Gasteiger partial charge >= 0.3 is 5.97 Å². The third-order valence-electron chi connectivity index (χ3n) is 3.70. The van der Waals surface area contributed by atoms with Crippen LogP contribution in [0.3, 0.4) is 0 Å². The fourth-order valence-corrected chi connectivity index (χ4v) is 2.94. The summed E-state index contributed by atoms with van der Waals surface area (Å²) in [7, 11) is 1.27. The average molecular weight is 389 g/mol. The summed E-state index contributed by atoms with van der Waals surface area (Å²) in [5, 5.41) is 3.09. The van der Waals surface area contributed by atoms with E-state index >= 15 is 0 Å². The van der Waals surface area contributed by atoms with Gasteiger partial charge in [-0.05, 0) is 23.1 Å². The standard InChI is InChI=1S/C19H23N3O4S/c1-19(2,3)12-5-7-13(8-6-12)20-16(24)11-27-18-21-14(9-15(23)22-18)10-17(25)26-4/h5-9H,10-11H2,1-4H3,(H,20,24)(H,21,22,23). The van der Waals surface area contributed by atoms with Crippen LogP contribution >= 0.6 is 11.8 Å². The number of carbonyl (C=O) groups excluding carboxylic acids is 2. The van der Waals surface area contributed by atoms with Crippen molar-refractivity contribution in [3.05, 3.63) is 51.9 Å². The number of hydrogen-bond acceptors (Lipinski definition) is 6. The van der Waals surface area contributed by atoms with E-state index in [0.29, 0.717) is 11.4 Å². The van der Waals surface area contributed by atoms with Crippen molar-refractivity contribution in [1.82, 2.24) is 9.97 Å². The Morgan fingerprint density at radius 3 is 2.48 bits per heavy atom. The predicted octanol–water partition coefficient (Wildman–Crippen LogP) is 2.51. The molecule has 27 heavy (non-hydrogen) atoms. The van der Waals surface area contributed by atoms with Gasteiger partial charge in [0.25, 0.3) is 5.56 Å². The maximum atomic E-state index is 12.1. The summed E-state index contributed by atoms with van der Waals surface area (Å²) in [5.74, 6) is -0.629. The Kier molecular flexibility index (Phi) is 6.79. The van der Waals surface area contributed by atoms with Crippen molar-refractivity contribution in [2.75, 3.05) is 18.2 Å². The number of H-pyrrole nitrogens is 1. The van der Waals surface area contributed by atoms with Gasteiger partial charge in [0.05, 0.1) is 25.0 Å². The van der Waals surface area contributed by atoms with Crippen molar-refractivity contribution in [3.63, 3.8) is 0 Å². The van der Waals surface area contributed by atoms with Gasteiger partial charge in [0.15, 0.2) is 5.16 Å². The first-order chi connectivity index (χ1) is 12.7.